The highest BCUT2D eigenvalue weighted by molar-refractivity contribution is 7.22. The fourth-order valence-electron chi connectivity index (χ4n) is 1.02. The standard InChI is InChI=1S/C8H3Cl2NOS/c9-6-2-4-1-5(3-12)7(10)11-8(4)13-6/h1-3H. The van der Waals surface area contributed by atoms with Crippen molar-refractivity contribution in [3.63, 3.8) is 0 Å². The van der Waals surface area contributed by atoms with E-state index in [4.69, 9.17) is 23.2 Å². The maximum Gasteiger partial charge on any atom is 0.153 e. The van der Waals surface area contributed by atoms with E-state index >= 15 is 0 Å². The molecule has 0 aliphatic carbocycles. The molecule has 0 amide bonds. The van der Waals surface area contributed by atoms with Gasteiger partial charge in [-0.1, -0.05) is 23.2 Å². The highest BCUT2D eigenvalue weighted by Gasteiger charge is 2.06. The molecule has 0 fully saturated rings. The van der Waals surface area contributed by atoms with Gasteiger partial charge in [0.1, 0.15) is 9.98 Å². The average molecular weight is 232 g/mol. The Balaban J connectivity index is 2.79. The molecular weight excluding hydrogens is 229 g/mol. The van der Waals surface area contributed by atoms with Crippen LogP contribution in [0.2, 0.25) is 9.49 Å². The largest absolute Gasteiger partial charge is 0.298 e. The number of pyridine rings is 1. The topological polar surface area (TPSA) is 30.0 Å². The number of aromatic nitrogens is 1. The number of carbonyl (C=O) groups excluding carboxylic acids is 1. The first kappa shape index (κ1) is 8.94. The highest BCUT2D eigenvalue weighted by Crippen LogP contribution is 2.30. The van der Waals surface area contributed by atoms with Gasteiger partial charge in [0.15, 0.2) is 6.29 Å². The van der Waals surface area contributed by atoms with Gasteiger partial charge in [0.05, 0.1) is 9.90 Å². The van der Waals surface area contributed by atoms with Crippen LogP contribution < -0.4 is 0 Å². The van der Waals surface area contributed by atoms with Crippen LogP contribution >= 0.6 is 34.5 Å². The Morgan fingerprint density at radius 3 is 2.85 bits per heavy atom. The summed E-state index contributed by atoms with van der Waals surface area (Å²) in [7, 11) is 0. The van der Waals surface area contributed by atoms with E-state index in [1.165, 1.54) is 11.3 Å². The Morgan fingerprint density at radius 2 is 2.15 bits per heavy atom. The van der Waals surface area contributed by atoms with Gasteiger partial charge in [-0.05, 0) is 12.1 Å². The summed E-state index contributed by atoms with van der Waals surface area (Å²) in [5, 5.41) is 1.07. The van der Waals surface area contributed by atoms with E-state index in [2.05, 4.69) is 4.98 Å². The van der Waals surface area contributed by atoms with E-state index in [9.17, 15) is 4.79 Å². The summed E-state index contributed by atoms with van der Waals surface area (Å²) in [5.74, 6) is 0. The lowest BCUT2D eigenvalue weighted by atomic mass is 10.2. The van der Waals surface area contributed by atoms with Crippen molar-refractivity contribution >= 4 is 51.0 Å². The highest BCUT2D eigenvalue weighted by atomic mass is 35.5. The molecule has 2 aromatic rings. The predicted octanol–water partition coefficient (Wildman–Crippen LogP) is 3.42. The molecule has 0 aliphatic heterocycles. The van der Waals surface area contributed by atoms with E-state index in [-0.39, 0.29) is 5.15 Å². The Kier molecular flexibility index (Phi) is 2.24. The minimum absolute atomic E-state index is 0.223. The summed E-state index contributed by atoms with van der Waals surface area (Å²) >= 11 is 12.9. The van der Waals surface area contributed by atoms with Crippen molar-refractivity contribution in [1.29, 1.82) is 0 Å². The van der Waals surface area contributed by atoms with Crippen LogP contribution in [0.15, 0.2) is 12.1 Å². The number of aldehydes is 1. The number of rotatable bonds is 1. The van der Waals surface area contributed by atoms with Crippen molar-refractivity contribution in [3.05, 3.63) is 27.2 Å². The van der Waals surface area contributed by atoms with Crippen LogP contribution in [0.3, 0.4) is 0 Å². The molecule has 2 nitrogen and oxygen atoms in total. The predicted molar refractivity (Wildman–Crippen MR) is 55.0 cm³/mol. The minimum Gasteiger partial charge on any atom is -0.298 e. The monoisotopic (exact) mass is 231 g/mol. The molecule has 5 heteroatoms. The maximum atomic E-state index is 10.5. The first-order valence-electron chi connectivity index (χ1n) is 3.41. The Labute approximate surface area is 88.1 Å². The molecular formula is C8H3Cl2NOS. The molecule has 0 saturated heterocycles. The van der Waals surface area contributed by atoms with Crippen LogP contribution in [0.25, 0.3) is 10.2 Å². The number of carbonyl (C=O) groups is 1. The van der Waals surface area contributed by atoms with E-state index in [1.54, 1.807) is 12.1 Å². The quantitative estimate of drug-likeness (QED) is 0.557. The van der Waals surface area contributed by atoms with Gasteiger partial charge in [0, 0.05) is 5.39 Å². The lowest BCUT2D eigenvalue weighted by molar-refractivity contribution is 0.112. The van der Waals surface area contributed by atoms with Crippen molar-refractivity contribution in [1.82, 2.24) is 4.98 Å². The number of nitrogens with zero attached hydrogens (tertiary/aromatic N) is 1. The molecule has 0 unspecified atom stereocenters. The van der Waals surface area contributed by atoms with Gasteiger partial charge >= 0.3 is 0 Å². The number of hydrogen-bond acceptors (Lipinski definition) is 3. The van der Waals surface area contributed by atoms with E-state index in [0.29, 0.717) is 16.2 Å². The van der Waals surface area contributed by atoms with Gasteiger partial charge in [0.25, 0.3) is 0 Å². The molecule has 2 rings (SSSR count). The summed E-state index contributed by atoms with van der Waals surface area (Å²) in [6.45, 7) is 0. The van der Waals surface area contributed by atoms with Gasteiger partial charge in [-0.2, -0.15) is 0 Å². The second-order valence-corrected chi connectivity index (χ2v) is 4.45. The summed E-state index contributed by atoms with van der Waals surface area (Å²) in [4.78, 5) is 15.3. The Morgan fingerprint density at radius 1 is 1.38 bits per heavy atom. The molecule has 2 aromatic heterocycles. The van der Waals surface area contributed by atoms with Crippen LogP contribution in [0.4, 0.5) is 0 Å². The van der Waals surface area contributed by atoms with Gasteiger partial charge in [-0.25, -0.2) is 4.98 Å². The number of thiophene rings is 1. The van der Waals surface area contributed by atoms with Crippen LogP contribution in [0.5, 0.6) is 0 Å². The Hall–Kier alpha value is -0.640. The second-order valence-electron chi connectivity index (χ2n) is 2.43. The van der Waals surface area contributed by atoms with Gasteiger partial charge in [0.2, 0.25) is 0 Å². The minimum atomic E-state index is 0.223. The summed E-state index contributed by atoms with van der Waals surface area (Å²) in [6, 6.07) is 3.44. The molecule has 0 radical (unpaired) electrons. The van der Waals surface area contributed by atoms with E-state index < -0.39 is 0 Å². The maximum absolute atomic E-state index is 10.5. The lowest BCUT2D eigenvalue weighted by Crippen LogP contribution is -1.84. The molecule has 0 spiro atoms. The van der Waals surface area contributed by atoms with Crippen LogP contribution in [0, 0.1) is 0 Å². The molecule has 0 bridgehead atoms. The third kappa shape index (κ3) is 1.55. The Bertz CT molecular complexity index is 480. The third-order valence-corrected chi connectivity index (χ3v) is 3.06. The fraction of sp³-hybridized carbons (Fsp3) is 0. The molecule has 2 heterocycles. The zero-order chi connectivity index (χ0) is 9.42. The van der Waals surface area contributed by atoms with E-state index in [1.807, 2.05) is 0 Å². The molecule has 0 aliphatic rings. The van der Waals surface area contributed by atoms with Crippen LogP contribution in [0.1, 0.15) is 10.4 Å². The van der Waals surface area contributed by atoms with Crippen molar-refractivity contribution in [3.8, 4) is 0 Å². The van der Waals surface area contributed by atoms with Crippen LogP contribution in [-0.2, 0) is 0 Å². The molecule has 66 valence electrons. The summed E-state index contributed by atoms with van der Waals surface area (Å²) in [6.07, 6.45) is 0.681. The molecule has 0 saturated carbocycles. The number of fused-ring (bicyclic) bond motifs is 1. The van der Waals surface area contributed by atoms with Crippen molar-refractivity contribution in [2.45, 2.75) is 0 Å². The molecule has 0 aromatic carbocycles. The fourth-order valence-corrected chi connectivity index (χ4v) is 2.33. The summed E-state index contributed by atoms with van der Waals surface area (Å²) < 4.78 is 0.640. The molecule has 0 atom stereocenters. The molecule has 0 N–H and O–H groups in total. The number of halogens is 2. The van der Waals surface area contributed by atoms with Gasteiger partial charge in [-0.15, -0.1) is 11.3 Å². The zero-order valence-electron chi connectivity index (χ0n) is 6.25. The van der Waals surface area contributed by atoms with E-state index in [0.717, 1.165) is 10.2 Å². The third-order valence-electron chi connectivity index (χ3n) is 1.59. The summed E-state index contributed by atoms with van der Waals surface area (Å²) in [5.41, 5.74) is 0.392. The van der Waals surface area contributed by atoms with Crippen LogP contribution in [-0.4, -0.2) is 11.3 Å². The smallest absolute Gasteiger partial charge is 0.153 e. The lowest BCUT2D eigenvalue weighted by Gasteiger charge is -1.93. The second kappa shape index (κ2) is 3.25. The SMILES string of the molecule is O=Cc1cc2cc(Cl)sc2nc1Cl. The first-order chi connectivity index (χ1) is 6.20. The zero-order valence-corrected chi connectivity index (χ0v) is 8.58. The van der Waals surface area contributed by atoms with Crippen molar-refractivity contribution in [2.75, 3.05) is 0 Å². The average Bonchev–Trinajstić information content (AvgIpc) is 2.42. The molecule has 13 heavy (non-hydrogen) atoms. The first-order valence-corrected chi connectivity index (χ1v) is 4.98. The van der Waals surface area contributed by atoms with Crippen molar-refractivity contribution in [2.24, 2.45) is 0 Å². The normalized spacial score (nSPS) is 10.6. The van der Waals surface area contributed by atoms with Crippen molar-refractivity contribution < 1.29 is 4.79 Å². The number of hydrogen-bond donors (Lipinski definition) is 0. The van der Waals surface area contributed by atoms with Gasteiger partial charge < -0.3 is 0 Å². The van der Waals surface area contributed by atoms with Gasteiger partial charge in [-0.3, -0.25) is 4.79 Å².